The number of morpholine rings is 1. The predicted molar refractivity (Wildman–Crippen MR) is 111 cm³/mol. The Labute approximate surface area is 174 Å². The van der Waals surface area contributed by atoms with Crippen LogP contribution in [-0.4, -0.2) is 55.2 Å². The maximum absolute atomic E-state index is 12.1. The van der Waals surface area contributed by atoms with Gasteiger partial charge in [-0.25, -0.2) is 4.98 Å². The highest BCUT2D eigenvalue weighted by molar-refractivity contribution is 6.35. The molecule has 28 heavy (non-hydrogen) atoms. The summed E-state index contributed by atoms with van der Waals surface area (Å²) in [6.07, 6.45) is 4.59. The van der Waals surface area contributed by atoms with Gasteiger partial charge in [-0.1, -0.05) is 29.3 Å². The number of ether oxygens (including phenoxy) is 2. The highest BCUT2D eigenvalue weighted by Crippen LogP contribution is 2.22. The maximum Gasteiger partial charge on any atom is 0.248 e. The van der Waals surface area contributed by atoms with Gasteiger partial charge in [-0.05, 0) is 29.8 Å². The first-order chi connectivity index (χ1) is 13.6. The molecule has 0 bridgehead atoms. The van der Waals surface area contributed by atoms with Gasteiger partial charge >= 0.3 is 0 Å². The monoisotopic (exact) mass is 421 g/mol. The van der Waals surface area contributed by atoms with E-state index in [1.165, 1.54) is 6.08 Å². The molecule has 0 radical (unpaired) electrons. The molecule has 1 fully saturated rings. The fourth-order valence-electron chi connectivity index (χ4n) is 2.63. The molecule has 1 N–H and O–H groups in total. The van der Waals surface area contributed by atoms with E-state index in [4.69, 9.17) is 32.7 Å². The van der Waals surface area contributed by atoms with Crippen LogP contribution in [0.3, 0.4) is 0 Å². The smallest absolute Gasteiger partial charge is 0.248 e. The molecule has 1 saturated heterocycles. The lowest BCUT2D eigenvalue weighted by Crippen LogP contribution is -2.38. The number of benzene rings is 1. The number of aromatic nitrogens is 1. The molecule has 2 aromatic rings. The SMILES string of the molecule is O=C(/C=C/c1ccc(Cl)cc1Cl)Nc1ccc(OCCN2CCOCC2)nc1. The van der Waals surface area contributed by atoms with Crippen molar-refractivity contribution in [2.24, 2.45) is 0 Å². The van der Waals surface area contributed by atoms with E-state index >= 15 is 0 Å². The van der Waals surface area contributed by atoms with E-state index in [1.54, 1.807) is 42.6 Å². The van der Waals surface area contributed by atoms with Crippen molar-refractivity contribution in [2.45, 2.75) is 0 Å². The Balaban J connectivity index is 1.45. The van der Waals surface area contributed by atoms with Crippen LogP contribution in [0.25, 0.3) is 6.08 Å². The normalized spacial score (nSPS) is 14.9. The van der Waals surface area contributed by atoms with Crippen molar-refractivity contribution < 1.29 is 14.3 Å². The van der Waals surface area contributed by atoms with Crippen LogP contribution in [-0.2, 0) is 9.53 Å². The number of nitrogens with zero attached hydrogens (tertiary/aromatic N) is 2. The van der Waals surface area contributed by atoms with Crippen LogP contribution >= 0.6 is 23.2 Å². The fraction of sp³-hybridized carbons (Fsp3) is 0.300. The van der Waals surface area contributed by atoms with Gasteiger partial charge in [-0.15, -0.1) is 0 Å². The molecular weight excluding hydrogens is 401 g/mol. The van der Waals surface area contributed by atoms with Gasteiger partial charge < -0.3 is 14.8 Å². The van der Waals surface area contributed by atoms with Gasteiger partial charge in [-0.2, -0.15) is 0 Å². The van der Waals surface area contributed by atoms with Gasteiger partial charge in [0.05, 0.1) is 25.1 Å². The second-order valence-electron chi connectivity index (χ2n) is 6.18. The molecular formula is C20H21Cl2N3O3. The van der Waals surface area contributed by atoms with Gasteiger partial charge in [0.2, 0.25) is 11.8 Å². The first-order valence-electron chi connectivity index (χ1n) is 8.93. The molecule has 1 aromatic carbocycles. The van der Waals surface area contributed by atoms with E-state index < -0.39 is 0 Å². The van der Waals surface area contributed by atoms with E-state index in [9.17, 15) is 4.79 Å². The van der Waals surface area contributed by atoms with E-state index in [0.717, 1.165) is 32.8 Å². The van der Waals surface area contributed by atoms with Crippen molar-refractivity contribution in [2.75, 3.05) is 44.8 Å². The number of anilines is 1. The lowest BCUT2D eigenvalue weighted by atomic mass is 10.2. The van der Waals surface area contributed by atoms with Gasteiger partial charge in [-0.3, -0.25) is 9.69 Å². The third-order valence-corrected chi connectivity index (χ3v) is 4.70. The zero-order chi connectivity index (χ0) is 19.8. The second-order valence-corrected chi connectivity index (χ2v) is 7.02. The van der Waals surface area contributed by atoms with Crippen LogP contribution in [0.15, 0.2) is 42.6 Å². The van der Waals surface area contributed by atoms with E-state index in [0.29, 0.717) is 33.8 Å². The number of pyridine rings is 1. The highest BCUT2D eigenvalue weighted by Gasteiger charge is 2.10. The van der Waals surface area contributed by atoms with Crippen molar-refractivity contribution in [1.82, 2.24) is 9.88 Å². The summed E-state index contributed by atoms with van der Waals surface area (Å²) in [7, 11) is 0. The summed E-state index contributed by atoms with van der Waals surface area (Å²) in [6, 6.07) is 8.57. The molecule has 1 aliphatic heterocycles. The molecule has 0 atom stereocenters. The Kier molecular flexibility index (Phi) is 7.68. The molecule has 148 valence electrons. The summed E-state index contributed by atoms with van der Waals surface area (Å²) >= 11 is 11.9. The number of rotatable bonds is 7. The minimum Gasteiger partial charge on any atom is -0.476 e. The minimum absolute atomic E-state index is 0.284. The Morgan fingerprint density at radius 2 is 2.07 bits per heavy atom. The second kappa shape index (κ2) is 10.4. The third kappa shape index (κ3) is 6.49. The third-order valence-electron chi connectivity index (χ3n) is 4.14. The van der Waals surface area contributed by atoms with Gasteiger partial charge in [0.25, 0.3) is 0 Å². The molecule has 8 heteroatoms. The van der Waals surface area contributed by atoms with Crippen LogP contribution in [0.4, 0.5) is 5.69 Å². The van der Waals surface area contributed by atoms with Crippen LogP contribution < -0.4 is 10.1 Å². The molecule has 0 saturated carbocycles. The number of amides is 1. The Morgan fingerprint density at radius 3 is 2.79 bits per heavy atom. The average Bonchev–Trinajstić information content (AvgIpc) is 2.69. The largest absolute Gasteiger partial charge is 0.476 e. The summed E-state index contributed by atoms with van der Waals surface area (Å²) in [5.74, 6) is 0.239. The first-order valence-corrected chi connectivity index (χ1v) is 9.69. The number of carbonyl (C=O) groups is 1. The number of hydrogen-bond acceptors (Lipinski definition) is 5. The number of nitrogens with one attached hydrogen (secondary N) is 1. The molecule has 1 aliphatic rings. The van der Waals surface area contributed by atoms with Crippen molar-refractivity contribution >= 4 is 40.9 Å². The zero-order valence-electron chi connectivity index (χ0n) is 15.2. The molecule has 1 aromatic heterocycles. The van der Waals surface area contributed by atoms with Crippen molar-refractivity contribution in [3.05, 3.63) is 58.2 Å². The zero-order valence-corrected chi connectivity index (χ0v) is 16.7. The molecule has 0 unspecified atom stereocenters. The number of carbonyl (C=O) groups excluding carboxylic acids is 1. The van der Waals surface area contributed by atoms with Crippen molar-refractivity contribution in [3.63, 3.8) is 0 Å². The molecule has 3 rings (SSSR count). The van der Waals surface area contributed by atoms with Crippen molar-refractivity contribution in [3.8, 4) is 5.88 Å². The first kappa shape index (κ1) is 20.6. The lowest BCUT2D eigenvalue weighted by Gasteiger charge is -2.26. The lowest BCUT2D eigenvalue weighted by molar-refractivity contribution is -0.111. The maximum atomic E-state index is 12.1. The van der Waals surface area contributed by atoms with Crippen molar-refractivity contribution in [1.29, 1.82) is 0 Å². The van der Waals surface area contributed by atoms with Gasteiger partial charge in [0.15, 0.2) is 0 Å². The topological polar surface area (TPSA) is 63.7 Å². The average molecular weight is 422 g/mol. The van der Waals surface area contributed by atoms with E-state index in [1.807, 2.05) is 0 Å². The van der Waals surface area contributed by atoms with Crippen LogP contribution in [0.1, 0.15) is 5.56 Å². The molecule has 1 amide bonds. The van der Waals surface area contributed by atoms with Crippen LogP contribution in [0, 0.1) is 0 Å². The predicted octanol–water partition coefficient (Wildman–Crippen LogP) is 3.75. The summed E-state index contributed by atoms with van der Waals surface area (Å²) in [6.45, 7) is 4.79. The quantitative estimate of drug-likeness (QED) is 0.689. The van der Waals surface area contributed by atoms with Crippen LogP contribution in [0.5, 0.6) is 5.88 Å². The van der Waals surface area contributed by atoms with Gasteiger partial charge in [0.1, 0.15) is 6.61 Å². The molecule has 2 heterocycles. The summed E-state index contributed by atoms with van der Waals surface area (Å²) in [4.78, 5) is 18.6. The van der Waals surface area contributed by atoms with Crippen LogP contribution in [0.2, 0.25) is 10.0 Å². The number of halogens is 2. The summed E-state index contributed by atoms with van der Waals surface area (Å²) < 4.78 is 11.0. The van der Waals surface area contributed by atoms with E-state index in [-0.39, 0.29) is 5.91 Å². The summed E-state index contributed by atoms with van der Waals surface area (Å²) in [5, 5.41) is 3.77. The molecule has 0 aliphatic carbocycles. The van der Waals surface area contributed by atoms with Gasteiger partial charge in [0, 0.05) is 41.8 Å². The Bertz CT molecular complexity index is 822. The molecule has 6 nitrogen and oxygen atoms in total. The molecule has 0 spiro atoms. The standard InChI is InChI=1S/C20H21Cl2N3O3/c21-16-3-1-15(18(22)13-16)2-5-19(26)24-17-4-6-20(23-14-17)28-12-9-25-7-10-27-11-8-25/h1-6,13-14H,7-12H2,(H,24,26)/b5-2+. The Morgan fingerprint density at radius 1 is 1.25 bits per heavy atom. The highest BCUT2D eigenvalue weighted by atomic mass is 35.5. The summed E-state index contributed by atoms with van der Waals surface area (Å²) in [5.41, 5.74) is 1.29. The Hall–Kier alpha value is -2.12. The van der Waals surface area contributed by atoms with E-state index in [2.05, 4.69) is 15.2 Å². The fourth-order valence-corrected chi connectivity index (χ4v) is 3.10. The number of hydrogen-bond donors (Lipinski definition) is 1. The minimum atomic E-state index is -0.284.